The van der Waals surface area contributed by atoms with E-state index in [0.717, 1.165) is 31.5 Å². The molecule has 0 aliphatic carbocycles. The second-order valence-electron chi connectivity index (χ2n) is 6.63. The molecule has 1 N–H and O–H groups in total. The summed E-state index contributed by atoms with van der Waals surface area (Å²) in [6.07, 6.45) is 1.55. The molecule has 2 heterocycles. The summed E-state index contributed by atoms with van der Waals surface area (Å²) in [6, 6.07) is 7.66. The molecule has 1 amide bonds. The van der Waals surface area contributed by atoms with Crippen LogP contribution >= 0.6 is 11.6 Å². The number of rotatable bonds is 4. The average molecular weight is 353 g/mol. The van der Waals surface area contributed by atoms with Gasteiger partial charge in [-0.25, -0.2) is 0 Å². The number of carbonyl (C=O) groups is 1. The Balaban J connectivity index is 1.73. The summed E-state index contributed by atoms with van der Waals surface area (Å²) in [4.78, 5) is 15.2. The van der Waals surface area contributed by atoms with E-state index in [9.17, 15) is 4.79 Å². The van der Waals surface area contributed by atoms with Crippen molar-refractivity contribution in [2.24, 2.45) is 5.41 Å². The van der Waals surface area contributed by atoms with Crippen LogP contribution in [0.1, 0.15) is 24.5 Å². The quantitative estimate of drug-likeness (QED) is 0.903. The predicted octanol–water partition coefficient (Wildman–Crippen LogP) is 2.26. The lowest BCUT2D eigenvalue weighted by atomic mass is 9.78. The third kappa shape index (κ3) is 3.75. The Morgan fingerprint density at radius 2 is 2.08 bits per heavy atom. The molecule has 0 bridgehead atoms. The van der Waals surface area contributed by atoms with Gasteiger partial charge in [0.2, 0.25) is 5.91 Å². The number of hydrogen-bond acceptors (Lipinski definition) is 4. The van der Waals surface area contributed by atoms with Crippen molar-refractivity contribution in [1.82, 2.24) is 10.2 Å². The fraction of sp³-hybridized carbons (Fsp3) is 0.611. The van der Waals surface area contributed by atoms with Crippen LogP contribution in [0.2, 0.25) is 5.02 Å². The zero-order valence-electron chi connectivity index (χ0n) is 14.1. The molecule has 1 unspecified atom stereocenters. The predicted molar refractivity (Wildman–Crippen MR) is 93.1 cm³/mol. The van der Waals surface area contributed by atoms with E-state index in [1.165, 1.54) is 0 Å². The van der Waals surface area contributed by atoms with Crippen LogP contribution in [0.3, 0.4) is 0 Å². The van der Waals surface area contributed by atoms with Gasteiger partial charge in [-0.2, -0.15) is 0 Å². The van der Waals surface area contributed by atoms with E-state index in [1.54, 1.807) is 7.11 Å². The van der Waals surface area contributed by atoms with Crippen LogP contribution in [0.25, 0.3) is 0 Å². The van der Waals surface area contributed by atoms with Crippen molar-refractivity contribution >= 4 is 17.5 Å². The van der Waals surface area contributed by atoms with Gasteiger partial charge in [-0.3, -0.25) is 4.79 Å². The van der Waals surface area contributed by atoms with E-state index in [2.05, 4.69) is 5.32 Å². The zero-order valence-corrected chi connectivity index (χ0v) is 14.8. The van der Waals surface area contributed by atoms with E-state index >= 15 is 0 Å². The van der Waals surface area contributed by atoms with E-state index < -0.39 is 5.41 Å². The van der Waals surface area contributed by atoms with Crippen LogP contribution < -0.4 is 5.32 Å². The Kier molecular flexibility index (Phi) is 5.76. The maximum absolute atomic E-state index is 13.2. The summed E-state index contributed by atoms with van der Waals surface area (Å²) in [7, 11) is 1.67. The number of benzene rings is 1. The largest absolute Gasteiger partial charge is 0.384 e. The van der Waals surface area contributed by atoms with Crippen LogP contribution in [0.15, 0.2) is 24.3 Å². The maximum atomic E-state index is 13.2. The molecular weight excluding hydrogens is 328 g/mol. The number of piperidine rings is 1. The zero-order chi connectivity index (χ0) is 17.0. The van der Waals surface area contributed by atoms with Crippen molar-refractivity contribution in [3.05, 3.63) is 34.9 Å². The molecule has 1 aromatic rings. The van der Waals surface area contributed by atoms with Gasteiger partial charge in [0.1, 0.15) is 6.10 Å². The first-order valence-corrected chi connectivity index (χ1v) is 8.88. The van der Waals surface area contributed by atoms with Crippen LogP contribution in [0, 0.1) is 5.41 Å². The molecule has 24 heavy (non-hydrogen) atoms. The average Bonchev–Trinajstić information content (AvgIpc) is 2.63. The molecule has 2 aliphatic heterocycles. The molecule has 0 radical (unpaired) electrons. The molecule has 5 nitrogen and oxygen atoms in total. The van der Waals surface area contributed by atoms with Crippen molar-refractivity contribution in [1.29, 1.82) is 0 Å². The van der Waals surface area contributed by atoms with Gasteiger partial charge in [-0.05, 0) is 43.6 Å². The fourth-order valence-electron chi connectivity index (χ4n) is 3.65. The molecular formula is C18H25ClN2O3. The minimum Gasteiger partial charge on any atom is -0.384 e. The van der Waals surface area contributed by atoms with Gasteiger partial charge in [0.05, 0.1) is 25.2 Å². The molecule has 0 spiro atoms. The van der Waals surface area contributed by atoms with E-state index in [0.29, 0.717) is 31.3 Å². The normalized spacial score (nSPS) is 23.9. The summed E-state index contributed by atoms with van der Waals surface area (Å²) < 4.78 is 11.3. The van der Waals surface area contributed by atoms with Gasteiger partial charge in [0.15, 0.2) is 0 Å². The number of methoxy groups -OCH3 is 1. The third-order valence-corrected chi connectivity index (χ3v) is 5.28. The molecule has 6 heteroatoms. The second kappa shape index (κ2) is 7.83. The first kappa shape index (κ1) is 17.7. The van der Waals surface area contributed by atoms with Crippen molar-refractivity contribution < 1.29 is 14.3 Å². The second-order valence-corrected chi connectivity index (χ2v) is 7.06. The molecule has 2 aliphatic rings. The van der Waals surface area contributed by atoms with Gasteiger partial charge in [-0.15, -0.1) is 0 Å². The Morgan fingerprint density at radius 1 is 1.38 bits per heavy atom. The van der Waals surface area contributed by atoms with Gasteiger partial charge in [0, 0.05) is 18.7 Å². The number of morpholine rings is 1. The van der Waals surface area contributed by atoms with E-state index in [4.69, 9.17) is 21.1 Å². The highest BCUT2D eigenvalue weighted by molar-refractivity contribution is 6.30. The molecule has 3 rings (SSSR count). The molecule has 0 saturated carbocycles. The lowest BCUT2D eigenvalue weighted by molar-refractivity contribution is -0.155. The standard InChI is InChI=1S/C18H25ClN2O3/c1-23-13-18(6-8-20-9-7-18)17(22)21-10-11-24-16(12-21)14-2-4-15(19)5-3-14/h2-5,16,20H,6-13H2,1H3. The summed E-state index contributed by atoms with van der Waals surface area (Å²) >= 11 is 5.96. The third-order valence-electron chi connectivity index (χ3n) is 5.03. The fourth-order valence-corrected chi connectivity index (χ4v) is 3.78. The van der Waals surface area contributed by atoms with Crippen molar-refractivity contribution in [3.8, 4) is 0 Å². The number of amides is 1. The number of hydrogen-bond donors (Lipinski definition) is 1. The Hall–Kier alpha value is -1.14. The van der Waals surface area contributed by atoms with Gasteiger partial charge >= 0.3 is 0 Å². The number of nitrogens with one attached hydrogen (secondary N) is 1. The van der Waals surface area contributed by atoms with Crippen molar-refractivity contribution in [2.45, 2.75) is 18.9 Å². The summed E-state index contributed by atoms with van der Waals surface area (Å²) in [5, 5.41) is 4.04. The van der Waals surface area contributed by atoms with Crippen LogP contribution in [-0.4, -0.2) is 57.3 Å². The molecule has 2 fully saturated rings. The molecule has 2 saturated heterocycles. The SMILES string of the molecule is COCC1(C(=O)N2CCOC(c3ccc(Cl)cc3)C2)CCNCC1. The van der Waals surface area contributed by atoms with E-state index in [-0.39, 0.29) is 12.0 Å². The minimum atomic E-state index is -0.401. The molecule has 1 atom stereocenters. The molecule has 1 aromatic carbocycles. The van der Waals surface area contributed by atoms with Crippen LogP contribution in [0.5, 0.6) is 0 Å². The maximum Gasteiger partial charge on any atom is 0.231 e. The first-order chi connectivity index (χ1) is 11.6. The highest BCUT2D eigenvalue weighted by atomic mass is 35.5. The molecule has 132 valence electrons. The minimum absolute atomic E-state index is 0.0960. The summed E-state index contributed by atoms with van der Waals surface area (Å²) in [5.74, 6) is 0.202. The van der Waals surface area contributed by atoms with Gasteiger partial charge < -0.3 is 19.7 Å². The monoisotopic (exact) mass is 352 g/mol. The highest BCUT2D eigenvalue weighted by Gasteiger charge is 2.43. The number of carbonyl (C=O) groups excluding carboxylic acids is 1. The molecule has 0 aromatic heterocycles. The van der Waals surface area contributed by atoms with Crippen LogP contribution in [0.4, 0.5) is 0 Å². The first-order valence-electron chi connectivity index (χ1n) is 8.51. The highest BCUT2D eigenvalue weighted by Crippen LogP contribution is 2.34. The van der Waals surface area contributed by atoms with Gasteiger partial charge in [-0.1, -0.05) is 23.7 Å². The van der Waals surface area contributed by atoms with E-state index in [1.807, 2.05) is 29.2 Å². The van der Waals surface area contributed by atoms with Crippen molar-refractivity contribution in [3.63, 3.8) is 0 Å². The Bertz CT molecular complexity index is 552. The lowest BCUT2D eigenvalue weighted by Gasteiger charge is -2.42. The lowest BCUT2D eigenvalue weighted by Crippen LogP contribution is -2.54. The number of nitrogens with zero attached hydrogens (tertiary/aromatic N) is 1. The summed E-state index contributed by atoms with van der Waals surface area (Å²) in [5.41, 5.74) is 0.657. The number of halogens is 1. The Morgan fingerprint density at radius 3 is 2.75 bits per heavy atom. The van der Waals surface area contributed by atoms with Crippen LogP contribution in [-0.2, 0) is 14.3 Å². The smallest absolute Gasteiger partial charge is 0.231 e. The van der Waals surface area contributed by atoms with Gasteiger partial charge in [0.25, 0.3) is 0 Å². The summed E-state index contributed by atoms with van der Waals surface area (Å²) in [6.45, 7) is 3.98. The number of ether oxygens (including phenoxy) is 2. The topological polar surface area (TPSA) is 50.8 Å². The Labute approximate surface area is 148 Å². The van der Waals surface area contributed by atoms with Crippen molar-refractivity contribution in [2.75, 3.05) is 46.5 Å².